The van der Waals surface area contributed by atoms with Crippen LogP contribution in [0.2, 0.25) is 0 Å². The quantitative estimate of drug-likeness (QED) is 0.553. The first-order valence-electron chi connectivity index (χ1n) is 10.6. The fourth-order valence-electron chi connectivity index (χ4n) is 4.65. The van der Waals surface area contributed by atoms with Crippen molar-refractivity contribution in [2.75, 3.05) is 4.90 Å². The Bertz CT molecular complexity index is 1190. The van der Waals surface area contributed by atoms with Crippen LogP contribution < -0.4 is 9.64 Å². The van der Waals surface area contributed by atoms with Gasteiger partial charge >= 0.3 is 6.03 Å². The Morgan fingerprint density at radius 3 is 2.59 bits per heavy atom. The Morgan fingerprint density at radius 1 is 1.09 bits per heavy atom. The molecule has 32 heavy (non-hydrogen) atoms. The molecule has 2 atom stereocenters. The number of rotatable bonds is 5. The molecular weight excluding hydrogens is 402 g/mol. The van der Waals surface area contributed by atoms with E-state index in [1.807, 2.05) is 55.5 Å². The van der Waals surface area contributed by atoms with Crippen LogP contribution in [0.1, 0.15) is 35.3 Å². The van der Waals surface area contributed by atoms with Crippen LogP contribution in [0.25, 0.3) is 6.08 Å². The monoisotopic (exact) mass is 425 g/mol. The van der Waals surface area contributed by atoms with E-state index in [0.29, 0.717) is 24.5 Å². The predicted molar refractivity (Wildman–Crippen MR) is 122 cm³/mol. The lowest BCUT2D eigenvalue weighted by atomic mass is 9.86. The Kier molecular flexibility index (Phi) is 4.98. The fraction of sp³-hybridized carbons (Fsp3) is 0.192. The number of carbonyl (C=O) groups excluding carboxylic acids is 2. The Balaban J connectivity index is 1.48. The summed E-state index contributed by atoms with van der Waals surface area (Å²) < 4.78 is 6.06. The van der Waals surface area contributed by atoms with Crippen molar-refractivity contribution in [3.63, 3.8) is 0 Å². The number of benzene rings is 2. The van der Waals surface area contributed by atoms with Crippen LogP contribution >= 0.6 is 0 Å². The van der Waals surface area contributed by atoms with Gasteiger partial charge in [-0.3, -0.25) is 9.78 Å². The molecule has 160 valence electrons. The second-order valence-electron chi connectivity index (χ2n) is 7.95. The smallest absolute Gasteiger partial charge is 0.332 e. The van der Waals surface area contributed by atoms with Gasteiger partial charge in [0.05, 0.1) is 17.4 Å². The van der Waals surface area contributed by atoms with Gasteiger partial charge in [0.25, 0.3) is 5.91 Å². The summed E-state index contributed by atoms with van der Waals surface area (Å²) >= 11 is 0. The highest BCUT2D eigenvalue weighted by Crippen LogP contribution is 2.42. The molecule has 3 heterocycles. The number of hydrogen-bond donors (Lipinski definition) is 0. The highest BCUT2D eigenvalue weighted by Gasteiger charge is 2.51. The van der Waals surface area contributed by atoms with E-state index in [1.165, 1.54) is 4.90 Å². The minimum absolute atomic E-state index is 0.200. The second kappa shape index (κ2) is 7.96. The summed E-state index contributed by atoms with van der Waals surface area (Å²) in [4.78, 5) is 33.8. The summed E-state index contributed by atoms with van der Waals surface area (Å²) in [5.41, 5.74) is 4.30. The van der Waals surface area contributed by atoms with Crippen molar-refractivity contribution in [2.45, 2.75) is 32.0 Å². The number of fused-ring (bicyclic) bond motifs is 2. The number of aromatic nitrogens is 1. The summed E-state index contributed by atoms with van der Waals surface area (Å²) in [7, 11) is 0. The Morgan fingerprint density at radius 2 is 1.88 bits per heavy atom. The zero-order chi connectivity index (χ0) is 22.2. The molecule has 2 aliphatic rings. The lowest BCUT2D eigenvalue weighted by Gasteiger charge is -2.36. The van der Waals surface area contributed by atoms with E-state index in [4.69, 9.17) is 4.74 Å². The molecule has 1 unspecified atom stereocenters. The number of carbonyl (C=O) groups is 2. The van der Waals surface area contributed by atoms with E-state index < -0.39 is 6.04 Å². The van der Waals surface area contributed by atoms with Gasteiger partial charge in [-0.2, -0.15) is 0 Å². The molecule has 6 nitrogen and oxygen atoms in total. The van der Waals surface area contributed by atoms with Crippen molar-refractivity contribution in [1.82, 2.24) is 9.88 Å². The normalized spacial score (nSPS) is 19.5. The molecule has 0 spiro atoms. The maximum Gasteiger partial charge on any atom is 0.332 e. The third-order valence-corrected chi connectivity index (χ3v) is 6.19. The molecule has 2 aliphatic heterocycles. The molecule has 0 bridgehead atoms. The maximum absolute atomic E-state index is 13.3. The molecule has 3 aromatic rings. The predicted octanol–water partition coefficient (Wildman–Crippen LogP) is 4.76. The molecule has 2 aromatic carbocycles. The van der Waals surface area contributed by atoms with Crippen LogP contribution in [-0.2, 0) is 17.8 Å². The minimum atomic E-state index is -0.546. The summed E-state index contributed by atoms with van der Waals surface area (Å²) in [6.45, 7) is 6.29. The van der Waals surface area contributed by atoms with Gasteiger partial charge < -0.3 is 9.64 Å². The van der Waals surface area contributed by atoms with E-state index in [1.54, 1.807) is 29.3 Å². The molecule has 0 radical (unpaired) electrons. The molecule has 0 N–H and O–H groups in total. The van der Waals surface area contributed by atoms with Gasteiger partial charge in [0.1, 0.15) is 18.4 Å². The first-order chi connectivity index (χ1) is 15.6. The number of pyridine rings is 1. The fourth-order valence-corrected chi connectivity index (χ4v) is 4.65. The highest BCUT2D eigenvalue weighted by molar-refractivity contribution is 6.21. The summed E-state index contributed by atoms with van der Waals surface area (Å²) in [6, 6.07) is 17.6. The summed E-state index contributed by atoms with van der Waals surface area (Å²) in [5, 5.41) is 0. The lowest BCUT2D eigenvalue weighted by molar-refractivity contribution is -0.120. The molecular formula is C26H23N3O3. The minimum Gasteiger partial charge on any atom is -0.487 e. The Labute approximate surface area is 186 Å². The summed E-state index contributed by atoms with van der Waals surface area (Å²) in [6.07, 6.45) is 3.93. The van der Waals surface area contributed by atoms with Crippen molar-refractivity contribution in [2.24, 2.45) is 0 Å². The number of amides is 3. The van der Waals surface area contributed by atoms with Gasteiger partial charge in [0.15, 0.2) is 0 Å². The van der Waals surface area contributed by atoms with Gasteiger partial charge in [-0.05, 0) is 48.4 Å². The largest absolute Gasteiger partial charge is 0.487 e. The molecule has 3 amide bonds. The first-order valence-corrected chi connectivity index (χ1v) is 10.6. The SMILES string of the molecule is C=Cc1c(OCc2ccccn2)ccc2c1C[C@H]1C(=O)N(c3ccccc3)C(=O)N1C2C. The Hall–Kier alpha value is -3.93. The highest BCUT2D eigenvalue weighted by atomic mass is 16.5. The zero-order valence-electron chi connectivity index (χ0n) is 17.8. The maximum atomic E-state index is 13.3. The molecule has 0 aliphatic carbocycles. The number of para-hydroxylation sites is 1. The van der Waals surface area contributed by atoms with Crippen molar-refractivity contribution >= 4 is 23.7 Å². The number of anilines is 1. The first kappa shape index (κ1) is 20.0. The number of urea groups is 1. The van der Waals surface area contributed by atoms with Crippen LogP contribution in [0.15, 0.2) is 73.4 Å². The van der Waals surface area contributed by atoms with Gasteiger partial charge in [0, 0.05) is 18.2 Å². The number of nitrogens with zero attached hydrogens (tertiary/aromatic N) is 3. The molecule has 0 saturated carbocycles. The van der Waals surface area contributed by atoms with Gasteiger partial charge in [-0.15, -0.1) is 0 Å². The topological polar surface area (TPSA) is 62.7 Å². The van der Waals surface area contributed by atoms with Gasteiger partial charge in [-0.1, -0.05) is 43.0 Å². The van der Waals surface area contributed by atoms with Crippen LogP contribution in [0.4, 0.5) is 10.5 Å². The van der Waals surface area contributed by atoms with E-state index >= 15 is 0 Å². The van der Waals surface area contributed by atoms with E-state index in [0.717, 1.165) is 22.4 Å². The lowest BCUT2D eigenvalue weighted by Crippen LogP contribution is -2.42. The van der Waals surface area contributed by atoms with Crippen LogP contribution in [0, 0.1) is 0 Å². The van der Waals surface area contributed by atoms with Crippen LogP contribution in [-0.4, -0.2) is 27.9 Å². The standard InChI is InChI=1S/C26H23N3O3/c1-3-20-22-15-23-25(30)29(19-10-5-4-6-11-19)26(31)28(23)17(2)21(22)12-13-24(20)32-16-18-9-7-8-14-27-18/h3-14,17,23H,1,15-16H2,2H3/t17?,23-/m0/s1. The molecule has 6 heteroatoms. The van der Waals surface area contributed by atoms with E-state index in [9.17, 15) is 9.59 Å². The van der Waals surface area contributed by atoms with Crippen LogP contribution in [0.3, 0.4) is 0 Å². The zero-order valence-corrected chi connectivity index (χ0v) is 17.8. The third kappa shape index (κ3) is 3.15. The molecule has 1 fully saturated rings. The average Bonchev–Trinajstić information content (AvgIpc) is 3.08. The van der Waals surface area contributed by atoms with Crippen molar-refractivity contribution in [3.8, 4) is 5.75 Å². The third-order valence-electron chi connectivity index (χ3n) is 6.19. The van der Waals surface area contributed by atoms with Crippen molar-refractivity contribution in [3.05, 3.63) is 95.8 Å². The summed E-state index contributed by atoms with van der Waals surface area (Å²) in [5.74, 6) is 0.496. The molecule has 5 rings (SSSR count). The van der Waals surface area contributed by atoms with Gasteiger partial charge in [0.2, 0.25) is 0 Å². The van der Waals surface area contributed by atoms with Gasteiger partial charge in [-0.25, -0.2) is 9.69 Å². The van der Waals surface area contributed by atoms with Crippen molar-refractivity contribution < 1.29 is 14.3 Å². The number of imide groups is 1. The van der Waals surface area contributed by atoms with E-state index in [2.05, 4.69) is 11.6 Å². The number of hydrogen-bond acceptors (Lipinski definition) is 4. The van der Waals surface area contributed by atoms with E-state index in [-0.39, 0.29) is 18.0 Å². The average molecular weight is 425 g/mol. The number of ether oxygens (including phenoxy) is 1. The second-order valence-corrected chi connectivity index (χ2v) is 7.95. The van der Waals surface area contributed by atoms with Crippen molar-refractivity contribution in [1.29, 1.82) is 0 Å². The van der Waals surface area contributed by atoms with Crippen LogP contribution in [0.5, 0.6) is 5.75 Å². The molecule has 1 aromatic heterocycles. The molecule has 1 saturated heterocycles.